The van der Waals surface area contributed by atoms with E-state index in [1.54, 1.807) is 0 Å². The Kier molecular flexibility index (Phi) is 4.54. The quantitative estimate of drug-likeness (QED) is 0.861. The third-order valence-electron chi connectivity index (χ3n) is 3.08. The maximum absolute atomic E-state index is 9.38. The summed E-state index contributed by atoms with van der Waals surface area (Å²) >= 11 is 0. The third-order valence-corrected chi connectivity index (χ3v) is 3.08. The Labute approximate surface area is 103 Å². The number of aliphatic hydroxyl groups excluding tert-OH is 1. The molecule has 0 spiro atoms. The van der Waals surface area contributed by atoms with Gasteiger partial charge in [-0.05, 0) is 12.5 Å². The number of hydrogen-bond donors (Lipinski definition) is 1. The second kappa shape index (κ2) is 6.15. The van der Waals surface area contributed by atoms with E-state index in [2.05, 4.69) is 29.2 Å². The molecule has 1 unspecified atom stereocenters. The van der Waals surface area contributed by atoms with Crippen molar-refractivity contribution >= 4 is 0 Å². The van der Waals surface area contributed by atoms with Gasteiger partial charge in [0, 0.05) is 26.1 Å². The number of morpholine rings is 1. The highest BCUT2D eigenvalue weighted by atomic mass is 16.5. The maximum atomic E-state index is 9.38. The van der Waals surface area contributed by atoms with Gasteiger partial charge in [0.25, 0.3) is 0 Å². The Bertz CT molecular complexity index is 326. The molecule has 0 amide bonds. The predicted molar refractivity (Wildman–Crippen MR) is 67.8 cm³/mol. The zero-order valence-corrected chi connectivity index (χ0v) is 10.4. The van der Waals surface area contributed by atoms with Crippen LogP contribution in [0, 0.1) is 0 Å². The van der Waals surface area contributed by atoms with Crippen molar-refractivity contribution in [1.82, 2.24) is 4.90 Å². The number of hydrogen-bond acceptors (Lipinski definition) is 3. The molecule has 0 saturated carbocycles. The minimum atomic E-state index is -0.281. The highest BCUT2D eigenvalue weighted by Gasteiger charge is 2.21. The van der Waals surface area contributed by atoms with E-state index in [0.717, 1.165) is 32.7 Å². The van der Waals surface area contributed by atoms with Gasteiger partial charge in [0.1, 0.15) is 0 Å². The summed E-state index contributed by atoms with van der Waals surface area (Å²) in [5, 5.41) is 9.38. The Hall–Kier alpha value is -0.900. The topological polar surface area (TPSA) is 32.7 Å². The minimum Gasteiger partial charge on any atom is -0.393 e. The summed E-state index contributed by atoms with van der Waals surface area (Å²) in [6.07, 6.45) is 0.620. The molecule has 1 aliphatic rings. The van der Waals surface area contributed by atoms with Gasteiger partial charge in [-0.15, -0.1) is 0 Å². The van der Waals surface area contributed by atoms with E-state index in [1.807, 2.05) is 13.0 Å². The normalized spacial score (nSPS) is 23.5. The number of benzene rings is 1. The van der Waals surface area contributed by atoms with Crippen LogP contribution in [0.1, 0.15) is 18.9 Å². The molecule has 17 heavy (non-hydrogen) atoms. The summed E-state index contributed by atoms with van der Waals surface area (Å²) in [6, 6.07) is 10.5. The molecule has 2 atom stereocenters. The number of ether oxygens (including phenoxy) is 1. The van der Waals surface area contributed by atoms with Crippen molar-refractivity contribution < 1.29 is 9.84 Å². The lowest BCUT2D eigenvalue weighted by Gasteiger charge is -2.33. The van der Waals surface area contributed by atoms with Crippen molar-refractivity contribution in [3.63, 3.8) is 0 Å². The summed E-state index contributed by atoms with van der Waals surface area (Å²) in [7, 11) is 0. The maximum Gasteiger partial charge on any atom is 0.0727 e. The van der Waals surface area contributed by atoms with Crippen molar-refractivity contribution in [1.29, 1.82) is 0 Å². The molecule has 1 fully saturated rings. The van der Waals surface area contributed by atoms with Crippen LogP contribution >= 0.6 is 0 Å². The van der Waals surface area contributed by atoms with Gasteiger partial charge in [-0.3, -0.25) is 4.90 Å². The van der Waals surface area contributed by atoms with Crippen molar-refractivity contribution in [2.75, 3.05) is 19.7 Å². The van der Waals surface area contributed by atoms with Crippen LogP contribution in [0.3, 0.4) is 0 Å². The van der Waals surface area contributed by atoms with Crippen LogP contribution in [0.4, 0.5) is 0 Å². The lowest BCUT2D eigenvalue weighted by molar-refractivity contribution is -0.0499. The smallest absolute Gasteiger partial charge is 0.0727 e. The Morgan fingerprint density at radius 2 is 2.18 bits per heavy atom. The molecule has 1 aromatic rings. The van der Waals surface area contributed by atoms with E-state index < -0.39 is 0 Å². The first kappa shape index (κ1) is 12.6. The number of nitrogens with zero attached hydrogens (tertiary/aromatic N) is 1. The van der Waals surface area contributed by atoms with Crippen molar-refractivity contribution in [2.24, 2.45) is 0 Å². The fraction of sp³-hybridized carbons (Fsp3) is 0.571. The van der Waals surface area contributed by atoms with Gasteiger partial charge in [-0.25, -0.2) is 0 Å². The molecule has 3 nitrogen and oxygen atoms in total. The standard InChI is InChI=1S/C14H21NO2/c1-12(16)9-14-11-15(7-8-17-14)10-13-5-3-2-4-6-13/h2-6,12,14,16H,7-11H2,1H3/t12-,14?/m1/s1. The fourth-order valence-electron chi connectivity index (χ4n) is 2.29. The minimum absolute atomic E-state index is 0.174. The molecule has 0 bridgehead atoms. The number of rotatable bonds is 4. The highest BCUT2D eigenvalue weighted by molar-refractivity contribution is 5.14. The lowest BCUT2D eigenvalue weighted by atomic mass is 10.1. The van der Waals surface area contributed by atoms with Crippen LogP contribution in [0.25, 0.3) is 0 Å². The molecule has 1 heterocycles. The van der Waals surface area contributed by atoms with Crippen LogP contribution in [0.15, 0.2) is 30.3 Å². The first-order valence-electron chi connectivity index (χ1n) is 6.30. The third kappa shape index (κ3) is 4.11. The summed E-state index contributed by atoms with van der Waals surface area (Å²) in [5.74, 6) is 0. The lowest BCUT2D eigenvalue weighted by Crippen LogP contribution is -2.42. The van der Waals surface area contributed by atoms with E-state index in [9.17, 15) is 5.11 Å². The summed E-state index contributed by atoms with van der Waals surface area (Å²) < 4.78 is 5.66. The summed E-state index contributed by atoms with van der Waals surface area (Å²) in [6.45, 7) is 5.45. The molecule has 0 aliphatic carbocycles. The largest absolute Gasteiger partial charge is 0.393 e. The van der Waals surface area contributed by atoms with E-state index in [0.29, 0.717) is 0 Å². The first-order chi connectivity index (χ1) is 8.24. The monoisotopic (exact) mass is 235 g/mol. The SMILES string of the molecule is C[C@@H](O)CC1CN(Cc2ccccc2)CCO1. The number of aliphatic hydroxyl groups is 1. The van der Waals surface area contributed by atoms with Crippen molar-refractivity contribution in [3.8, 4) is 0 Å². The first-order valence-corrected chi connectivity index (χ1v) is 6.30. The second-order valence-electron chi connectivity index (χ2n) is 4.80. The Morgan fingerprint density at radius 1 is 1.41 bits per heavy atom. The van der Waals surface area contributed by atoms with Crippen molar-refractivity contribution in [3.05, 3.63) is 35.9 Å². The van der Waals surface area contributed by atoms with Crippen molar-refractivity contribution in [2.45, 2.75) is 32.1 Å². The van der Waals surface area contributed by atoms with Crippen LogP contribution in [-0.2, 0) is 11.3 Å². The Morgan fingerprint density at radius 3 is 2.88 bits per heavy atom. The molecule has 94 valence electrons. The zero-order valence-electron chi connectivity index (χ0n) is 10.4. The zero-order chi connectivity index (χ0) is 12.1. The van der Waals surface area contributed by atoms with Crippen LogP contribution in [-0.4, -0.2) is 41.9 Å². The molecule has 0 aromatic heterocycles. The van der Waals surface area contributed by atoms with Gasteiger partial charge < -0.3 is 9.84 Å². The molecule has 1 saturated heterocycles. The molecule has 1 aliphatic heterocycles. The average Bonchev–Trinajstić information content (AvgIpc) is 2.30. The van der Waals surface area contributed by atoms with Crippen LogP contribution in [0.2, 0.25) is 0 Å². The van der Waals surface area contributed by atoms with E-state index in [1.165, 1.54) is 5.56 Å². The molecular formula is C14H21NO2. The Balaban J connectivity index is 1.85. The van der Waals surface area contributed by atoms with E-state index in [4.69, 9.17) is 4.74 Å². The molecule has 2 rings (SSSR count). The molecule has 3 heteroatoms. The average molecular weight is 235 g/mol. The predicted octanol–water partition coefficient (Wildman–Crippen LogP) is 1.66. The van der Waals surface area contributed by atoms with Gasteiger partial charge in [0.05, 0.1) is 18.8 Å². The summed E-state index contributed by atoms with van der Waals surface area (Å²) in [5.41, 5.74) is 1.34. The van der Waals surface area contributed by atoms with E-state index >= 15 is 0 Å². The van der Waals surface area contributed by atoms with E-state index in [-0.39, 0.29) is 12.2 Å². The molecule has 0 radical (unpaired) electrons. The summed E-state index contributed by atoms with van der Waals surface area (Å²) in [4.78, 5) is 2.39. The van der Waals surface area contributed by atoms with Crippen LogP contribution in [0.5, 0.6) is 0 Å². The molecule has 1 N–H and O–H groups in total. The highest BCUT2D eigenvalue weighted by Crippen LogP contribution is 2.13. The molecular weight excluding hydrogens is 214 g/mol. The van der Waals surface area contributed by atoms with Gasteiger partial charge in [0.2, 0.25) is 0 Å². The fourth-order valence-corrected chi connectivity index (χ4v) is 2.29. The van der Waals surface area contributed by atoms with Gasteiger partial charge in [-0.2, -0.15) is 0 Å². The van der Waals surface area contributed by atoms with Crippen LogP contribution < -0.4 is 0 Å². The second-order valence-corrected chi connectivity index (χ2v) is 4.80. The van der Waals surface area contributed by atoms with Gasteiger partial charge >= 0.3 is 0 Å². The molecule has 1 aromatic carbocycles. The van der Waals surface area contributed by atoms with Gasteiger partial charge in [-0.1, -0.05) is 30.3 Å². The van der Waals surface area contributed by atoms with Gasteiger partial charge in [0.15, 0.2) is 0 Å².